The summed E-state index contributed by atoms with van der Waals surface area (Å²) in [6, 6.07) is 0. The molecule has 3 heteroatoms. The SMILES string of the molecule is CCCCOCCCC.[Br-].[Li+]. The van der Waals surface area contributed by atoms with E-state index in [-0.39, 0.29) is 35.8 Å². The molecule has 0 aliphatic carbocycles. The van der Waals surface area contributed by atoms with Gasteiger partial charge in [-0.05, 0) is 12.8 Å². The van der Waals surface area contributed by atoms with Gasteiger partial charge in [0.05, 0.1) is 0 Å². The number of hydrogen-bond donors (Lipinski definition) is 0. The van der Waals surface area contributed by atoms with Gasteiger partial charge in [-0.3, -0.25) is 0 Å². The molecule has 0 aromatic heterocycles. The van der Waals surface area contributed by atoms with E-state index in [2.05, 4.69) is 13.8 Å². The van der Waals surface area contributed by atoms with Crippen molar-refractivity contribution in [3.63, 3.8) is 0 Å². The number of ether oxygens (including phenoxy) is 1. The molecule has 0 spiro atoms. The van der Waals surface area contributed by atoms with Gasteiger partial charge in [0, 0.05) is 13.2 Å². The van der Waals surface area contributed by atoms with E-state index in [0.29, 0.717) is 0 Å². The molecule has 0 fully saturated rings. The third-order valence-corrected chi connectivity index (χ3v) is 1.28. The molecule has 0 aromatic carbocycles. The maximum atomic E-state index is 5.31. The molecular formula is C8H18BrLiO. The quantitative estimate of drug-likeness (QED) is 0.333. The third kappa shape index (κ3) is 18.2. The molecule has 0 heterocycles. The first-order valence-corrected chi connectivity index (χ1v) is 3.99. The van der Waals surface area contributed by atoms with Crippen molar-refractivity contribution in [1.29, 1.82) is 0 Å². The van der Waals surface area contributed by atoms with Crippen molar-refractivity contribution in [2.24, 2.45) is 0 Å². The van der Waals surface area contributed by atoms with Gasteiger partial charge in [-0.15, -0.1) is 0 Å². The largest absolute Gasteiger partial charge is 1.00 e. The Balaban J connectivity index is -0.000000320. The van der Waals surface area contributed by atoms with Gasteiger partial charge in [-0.25, -0.2) is 0 Å². The van der Waals surface area contributed by atoms with Gasteiger partial charge in [0.1, 0.15) is 0 Å². The molecule has 0 rings (SSSR count). The third-order valence-electron chi connectivity index (χ3n) is 1.28. The van der Waals surface area contributed by atoms with Crippen LogP contribution in [0.2, 0.25) is 0 Å². The van der Waals surface area contributed by atoms with Crippen molar-refractivity contribution in [2.75, 3.05) is 13.2 Å². The average Bonchev–Trinajstić information content (AvgIpc) is 1.89. The Morgan fingerprint density at radius 3 is 1.55 bits per heavy atom. The van der Waals surface area contributed by atoms with Gasteiger partial charge in [-0.1, -0.05) is 26.7 Å². The minimum absolute atomic E-state index is 0. The number of unbranched alkanes of at least 4 members (excludes halogenated alkanes) is 2. The second kappa shape index (κ2) is 17.2. The zero-order valence-electron chi connectivity index (χ0n) is 8.03. The fraction of sp³-hybridized carbons (Fsp3) is 1.00. The zero-order chi connectivity index (χ0) is 6.95. The van der Waals surface area contributed by atoms with Crippen molar-refractivity contribution in [1.82, 2.24) is 0 Å². The minimum atomic E-state index is 0. The van der Waals surface area contributed by atoms with Gasteiger partial charge in [0.15, 0.2) is 0 Å². The van der Waals surface area contributed by atoms with E-state index < -0.39 is 0 Å². The monoisotopic (exact) mass is 216 g/mol. The fourth-order valence-corrected chi connectivity index (χ4v) is 0.595. The van der Waals surface area contributed by atoms with Gasteiger partial charge < -0.3 is 21.7 Å². The molecule has 11 heavy (non-hydrogen) atoms. The Labute approximate surface area is 93.2 Å². The Bertz CT molecular complexity index is 47.4. The van der Waals surface area contributed by atoms with Crippen molar-refractivity contribution in [3.8, 4) is 0 Å². The van der Waals surface area contributed by atoms with Crippen molar-refractivity contribution in [2.45, 2.75) is 39.5 Å². The van der Waals surface area contributed by atoms with E-state index in [1.165, 1.54) is 25.7 Å². The Morgan fingerprint density at radius 1 is 0.909 bits per heavy atom. The first-order valence-electron chi connectivity index (χ1n) is 3.99. The Morgan fingerprint density at radius 2 is 1.27 bits per heavy atom. The molecule has 0 aromatic rings. The molecular weight excluding hydrogens is 199 g/mol. The van der Waals surface area contributed by atoms with E-state index in [0.717, 1.165) is 13.2 Å². The van der Waals surface area contributed by atoms with Gasteiger partial charge in [0.25, 0.3) is 0 Å². The second-order valence-corrected chi connectivity index (χ2v) is 2.32. The van der Waals surface area contributed by atoms with Crippen LogP contribution in [0.15, 0.2) is 0 Å². The molecule has 0 atom stereocenters. The molecule has 0 bridgehead atoms. The molecule has 0 aliphatic heterocycles. The van der Waals surface area contributed by atoms with E-state index in [1.807, 2.05) is 0 Å². The molecule has 0 N–H and O–H groups in total. The maximum absolute atomic E-state index is 5.31. The fourth-order valence-electron chi connectivity index (χ4n) is 0.595. The van der Waals surface area contributed by atoms with Crippen LogP contribution in [0, 0.1) is 0 Å². The van der Waals surface area contributed by atoms with Crippen LogP contribution < -0.4 is 35.8 Å². The first kappa shape index (κ1) is 18.0. The predicted octanol–water partition coefficient (Wildman–Crippen LogP) is -3.39. The number of hydrogen-bond acceptors (Lipinski definition) is 1. The summed E-state index contributed by atoms with van der Waals surface area (Å²) in [5, 5.41) is 0. The Kier molecular flexibility index (Phi) is 28.1. The number of halogens is 1. The van der Waals surface area contributed by atoms with Crippen LogP contribution in [0.3, 0.4) is 0 Å². The molecule has 0 amide bonds. The zero-order valence-corrected chi connectivity index (χ0v) is 9.61. The normalized spacial score (nSPS) is 8.18. The molecule has 64 valence electrons. The van der Waals surface area contributed by atoms with Crippen LogP contribution in [0.25, 0.3) is 0 Å². The topological polar surface area (TPSA) is 9.23 Å². The molecule has 0 saturated heterocycles. The van der Waals surface area contributed by atoms with E-state index in [4.69, 9.17) is 4.74 Å². The summed E-state index contributed by atoms with van der Waals surface area (Å²) < 4.78 is 5.31. The van der Waals surface area contributed by atoms with Crippen LogP contribution in [0.1, 0.15) is 39.5 Å². The van der Waals surface area contributed by atoms with Crippen LogP contribution in [0.4, 0.5) is 0 Å². The van der Waals surface area contributed by atoms with Gasteiger partial charge >= 0.3 is 18.9 Å². The van der Waals surface area contributed by atoms with E-state index in [1.54, 1.807) is 0 Å². The summed E-state index contributed by atoms with van der Waals surface area (Å²) in [5.74, 6) is 0. The first-order chi connectivity index (χ1) is 4.41. The average molecular weight is 217 g/mol. The Hall–Kier alpha value is 1.04. The molecule has 0 saturated carbocycles. The van der Waals surface area contributed by atoms with E-state index >= 15 is 0 Å². The van der Waals surface area contributed by atoms with Crippen LogP contribution in [0.5, 0.6) is 0 Å². The van der Waals surface area contributed by atoms with Gasteiger partial charge in [0.2, 0.25) is 0 Å². The summed E-state index contributed by atoms with van der Waals surface area (Å²) in [5.41, 5.74) is 0. The standard InChI is InChI=1S/C8H18O.BrH.Li/c1-3-5-7-9-8-6-4-2;;/h3-8H2,1-2H3;1H;/q;;+1/p-1. The smallest absolute Gasteiger partial charge is 1.00 e. The van der Waals surface area contributed by atoms with Crippen molar-refractivity contribution >= 4 is 0 Å². The number of rotatable bonds is 6. The predicted molar refractivity (Wildman–Crippen MR) is 40.6 cm³/mol. The van der Waals surface area contributed by atoms with Crippen LogP contribution in [-0.4, -0.2) is 13.2 Å². The summed E-state index contributed by atoms with van der Waals surface area (Å²) in [4.78, 5) is 0. The summed E-state index contributed by atoms with van der Waals surface area (Å²) in [6.45, 7) is 6.28. The van der Waals surface area contributed by atoms with Gasteiger partial charge in [-0.2, -0.15) is 0 Å². The molecule has 1 nitrogen and oxygen atoms in total. The summed E-state index contributed by atoms with van der Waals surface area (Å²) in [6.07, 6.45) is 4.91. The van der Waals surface area contributed by atoms with Crippen molar-refractivity contribution < 1.29 is 40.6 Å². The van der Waals surface area contributed by atoms with Crippen molar-refractivity contribution in [3.05, 3.63) is 0 Å². The molecule has 0 aliphatic rings. The molecule has 0 radical (unpaired) electrons. The summed E-state index contributed by atoms with van der Waals surface area (Å²) in [7, 11) is 0. The van der Waals surface area contributed by atoms with E-state index in [9.17, 15) is 0 Å². The molecule has 0 unspecified atom stereocenters. The second-order valence-electron chi connectivity index (χ2n) is 2.32. The minimum Gasteiger partial charge on any atom is -1.00 e. The van der Waals surface area contributed by atoms with Crippen LogP contribution in [-0.2, 0) is 4.74 Å². The summed E-state index contributed by atoms with van der Waals surface area (Å²) >= 11 is 0. The van der Waals surface area contributed by atoms with Crippen LogP contribution >= 0.6 is 0 Å². The maximum Gasteiger partial charge on any atom is 1.00 e.